The average molecular weight is 458 g/mol. The zero-order valence-corrected chi connectivity index (χ0v) is 17.8. The molecule has 0 amide bonds. The predicted molar refractivity (Wildman–Crippen MR) is 89.5 cm³/mol. The molecule has 0 fully saturated rings. The fourth-order valence-corrected chi connectivity index (χ4v) is 1.56. The summed E-state index contributed by atoms with van der Waals surface area (Å²) in [4.78, 5) is 0. The molecule has 0 heterocycles. The molecule has 0 aromatic carbocycles. The maximum absolute atomic E-state index is 9.02. The van der Waals surface area contributed by atoms with Crippen molar-refractivity contribution in [2.45, 2.75) is 48.8 Å². The van der Waals surface area contributed by atoms with Crippen LogP contribution in [0.1, 0.15) is 0 Å². The van der Waals surface area contributed by atoms with Crippen LogP contribution in [0.3, 0.4) is 0 Å². The van der Waals surface area contributed by atoms with E-state index in [2.05, 4.69) is 24.4 Å². The van der Waals surface area contributed by atoms with E-state index in [4.69, 9.17) is 51.1 Å². The first kappa shape index (κ1) is 30.1. The second kappa shape index (κ2) is 16.6. The van der Waals surface area contributed by atoms with Crippen LogP contribution in [0.25, 0.3) is 0 Å². The van der Waals surface area contributed by atoms with Gasteiger partial charge in [0.2, 0.25) is 0 Å². The van der Waals surface area contributed by atoms with E-state index >= 15 is 0 Å². The molecule has 10 N–H and O–H groups in total. The van der Waals surface area contributed by atoms with Gasteiger partial charge in [-0.25, -0.2) is 0 Å². The molecular weight excluding hydrogens is 434 g/mol. The minimum atomic E-state index is -1.61. The minimum absolute atomic E-state index is 0. The van der Waals surface area contributed by atoms with Crippen LogP contribution in [0.2, 0.25) is 0 Å². The summed E-state index contributed by atoms with van der Waals surface area (Å²) in [6.45, 7) is -1.38. The Morgan fingerprint density at radius 1 is 0.560 bits per heavy atom. The minimum Gasteiger partial charge on any atom is -0.394 e. The topological polar surface area (TPSA) is 202 Å². The second-order valence-corrected chi connectivity index (χ2v) is 5.26. The summed E-state index contributed by atoms with van der Waals surface area (Å²) >= 11 is 8.61. The first-order chi connectivity index (χ1) is 11.1. The molecular formula is C12H24O10S2Zn. The molecule has 146 valence electrons. The van der Waals surface area contributed by atoms with Crippen molar-refractivity contribution >= 4 is 35.2 Å². The summed E-state index contributed by atoms with van der Waals surface area (Å²) in [5.74, 6) is 0. The Labute approximate surface area is 167 Å². The Bertz CT molecular complexity index is 322. The number of hydrogen-bond donors (Lipinski definition) is 10. The van der Waals surface area contributed by atoms with Crippen molar-refractivity contribution in [3.63, 3.8) is 0 Å². The maximum atomic E-state index is 9.02. The van der Waals surface area contributed by atoms with E-state index < -0.39 is 62.0 Å². The molecule has 0 rings (SSSR count). The van der Waals surface area contributed by atoms with E-state index in [-0.39, 0.29) is 19.5 Å². The molecule has 0 unspecified atom stereocenters. The number of rotatable bonds is 10. The summed E-state index contributed by atoms with van der Waals surface area (Å²) in [5, 5.41) is 89.9. The van der Waals surface area contributed by atoms with Gasteiger partial charge in [-0.2, -0.15) is 0 Å². The smallest absolute Gasteiger partial charge is 0.113 e. The number of thiocarbonyl (C=S) groups is 2. The number of hydrogen-bond acceptors (Lipinski definition) is 12. The van der Waals surface area contributed by atoms with Gasteiger partial charge < -0.3 is 51.1 Å². The number of aliphatic hydroxyl groups excluding tert-OH is 10. The van der Waals surface area contributed by atoms with Crippen LogP contribution in [-0.2, 0) is 19.5 Å². The van der Waals surface area contributed by atoms with Crippen LogP contribution in [0.15, 0.2) is 0 Å². The summed E-state index contributed by atoms with van der Waals surface area (Å²) < 4.78 is 0. The Morgan fingerprint density at radius 2 is 0.800 bits per heavy atom. The summed E-state index contributed by atoms with van der Waals surface area (Å²) in [6.07, 6.45) is -12.1. The van der Waals surface area contributed by atoms with E-state index in [1.54, 1.807) is 0 Å². The van der Waals surface area contributed by atoms with Crippen molar-refractivity contribution in [3.8, 4) is 0 Å². The molecule has 0 spiro atoms. The van der Waals surface area contributed by atoms with Gasteiger partial charge in [-0.1, -0.05) is 24.4 Å². The fourth-order valence-electron chi connectivity index (χ4n) is 1.24. The van der Waals surface area contributed by atoms with Crippen molar-refractivity contribution in [3.05, 3.63) is 0 Å². The van der Waals surface area contributed by atoms with Gasteiger partial charge >= 0.3 is 0 Å². The molecule has 0 bridgehead atoms. The first-order valence-electron chi connectivity index (χ1n) is 6.65. The van der Waals surface area contributed by atoms with Gasteiger partial charge in [0.15, 0.2) is 0 Å². The molecule has 0 saturated heterocycles. The van der Waals surface area contributed by atoms with Gasteiger partial charge in [0, 0.05) is 30.2 Å². The molecule has 10 nitrogen and oxygen atoms in total. The normalized spacial score (nSPS) is 20.2. The van der Waals surface area contributed by atoms with E-state index in [1.807, 2.05) is 0 Å². The monoisotopic (exact) mass is 456 g/mol. The van der Waals surface area contributed by atoms with Crippen molar-refractivity contribution in [1.82, 2.24) is 0 Å². The predicted octanol–water partition coefficient (Wildman–Crippen LogP) is -5.16. The standard InChI is InChI=1S/2C6H12O5S.Zn/c2*7-1-3(8)5(10)6(11)4(9)2-12;/h2*2-11H,1H2;/t2*3-,4+,5-,6-;/m11./s1. The van der Waals surface area contributed by atoms with E-state index in [1.165, 1.54) is 0 Å². The Hall–Kier alpha value is 0.403. The van der Waals surface area contributed by atoms with Crippen LogP contribution in [-0.4, -0.2) is 124 Å². The fraction of sp³-hybridized carbons (Fsp3) is 0.833. The van der Waals surface area contributed by atoms with Gasteiger partial charge in [0.25, 0.3) is 0 Å². The van der Waals surface area contributed by atoms with Gasteiger partial charge in [0.1, 0.15) is 48.8 Å². The van der Waals surface area contributed by atoms with E-state index in [0.29, 0.717) is 0 Å². The van der Waals surface area contributed by atoms with Gasteiger partial charge in [0.05, 0.1) is 13.2 Å². The molecule has 0 aromatic heterocycles. The molecule has 25 heavy (non-hydrogen) atoms. The Morgan fingerprint density at radius 3 is 0.960 bits per heavy atom. The molecule has 0 aliphatic carbocycles. The van der Waals surface area contributed by atoms with Crippen LogP contribution >= 0.6 is 24.4 Å². The second-order valence-electron chi connectivity index (χ2n) is 4.72. The van der Waals surface area contributed by atoms with Gasteiger partial charge in [-0.3, -0.25) is 0 Å². The Kier molecular flexibility index (Phi) is 20.0. The van der Waals surface area contributed by atoms with Crippen LogP contribution in [0, 0.1) is 0 Å². The molecule has 8 atom stereocenters. The first-order valence-corrected chi connectivity index (χ1v) is 7.60. The van der Waals surface area contributed by atoms with Gasteiger partial charge in [-0.05, 0) is 0 Å². The van der Waals surface area contributed by atoms with Crippen LogP contribution in [0.4, 0.5) is 0 Å². The molecule has 0 aliphatic heterocycles. The third-order valence-electron chi connectivity index (χ3n) is 2.84. The van der Waals surface area contributed by atoms with Crippen molar-refractivity contribution in [2.75, 3.05) is 13.2 Å². The van der Waals surface area contributed by atoms with Crippen molar-refractivity contribution in [2.24, 2.45) is 0 Å². The summed E-state index contributed by atoms with van der Waals surface area (Å²) in [7, 11) is 0. The van der Waals surface area contributed by atoms with E-state index in [9.17, 15) is 0 Å². The largest absolute Gasteiger partial charge is 0.394 e. The van der Waals surface area contributed by atoms with Crippen LogP contribution < -0.4 is 0 Å². The third kappa shape index (κ3) is 11.7. The molecule has 0 aromatic rings. The molecule has 0 aliphatic rings. The average Bonchev–Trinajstić information content (AvgIpc) is 2.62. The number of aliphatic hydroxyl groups is 10. The quantitative estimate of drug-likeness (QED) is 0.110. The third-order valence-corrected chi connectivity index (χ3v) is 3.40. The van der Waals surface area contributed by atoms with Crippen LogP contribution in [0.5, 0.6) is 0 Å². The van der Waals surface area contributed by atoms with E-state index in [0.717, 1.165) is 10.7 Å². The Balaban J connectivity index is -0.000000372. The van der Waals surface area contributed by atoms with Crippen molar-refractivity contribution in [1.29, 1.82) is 0 Å². The zero-order chi connectivity index (χ0) is 19.4. The zero-order valence-electron chi connectivity index (χ0n) is 13.2. The van der Waals surface area contributed by atoms with Crippen molar-refractivity contribution < 1.29 is 70.5 Å². The molecule has 0 saturated carbocycles. The molecule has 0 radical (unpaired) electrons. The summed E-state index contributed by atoms with van der Waals surface area (Å²) in [6, 6.07) is 0. The van der Waals surface area contributed by atoms with Gasteiger partial charge in [-0.15, -0.1) is 0 Å². The maximum Gasteiger partial charge on any atom is 0.113 e. The summed E-state index contributed by atoms with van der Waals surface area (Å²) in [5.41, 5.74) is 0. The molecule has 13 heteroatoms. The SMILES string of the molecule is OC[C@@H](O)[C@@H](O)[C@H](O)[C@@H](O)C=S.OC[C@@H](O)[C@@H](O)[C@H](O)[C@@H](O)C=S.[Zn].